The maximum absolute atomic E-state index is 6.71. The molecule has 3 heterocycles. The molecule has 0 saturated carbocycles. The summed E-state index contributed by atoms with van der Waals surface area (Å²) in [6.45, 7) is 26.0. The van der Waals surface area contributed by atoms with Gasteiger partial charge in [-0.05, 0) is 57.3 Å². The van der Waals surface area contributed by atoms with Gasteiger partial charge in [-0.2, -0.15) is 0 Å². The van der Waals surface area contributed by atoms with Gasteiger partial charge in [0.2, 0.25) is 0 Å². The molecule has 0 aromatic carbocycles. The second-order valence-corrected chi connectivity index (χ2v) is 11.6. The normalized spacial score (nSPS) is 55.6. The monoisotopic (exact) mass is 440 g/mol. The highest BCUT2D eigenvalue weighted by molar-refractivity contribution is 4.96. The number of ether oxygens (including phenoxy) is 5. The van der Waals surface area contributed by atoms with Crippen LogP contribution in [0, 0.1) is 41.4 Å². The molecule has 0 aromatic heterocycles. The van der Waals surface area contributed by atoms with E-state index in [1.54, 1.807) is 0 Å². The number of hydrogen-bond acceptors (Lipinski definition) is 5. The molecule has 0 radical (unpaired) electrons. The summed E-state index contributed by atoms with van der Waals surface area (Å²) in [6.07, 6.45) is 0.290. The highest BCUT2D eigenvalue weighted by Crippen LogP contribution is 2.47. The zero-order chi connectivity index (χ0) is 23.4. The lowest BCUT2D eigenvalue weighted by Gasteiger charge is -2.48. The van der Waals surface area contributed by atoms with E-state index < -0.39 is 11.6 Å². The fraction of sp³-hybridized carbons (Fsp3) is 1.00. The minimum Gasteiger partial charge on any atom is -0.372 e. The van der Waals surface area contributed by atoms with Gasteiger partial charge in [0.25, 0.3) is 0 Å². The van der Waals surface area contributed by atoms with Crippen molar-refractivity contribution in [2.24, 2.45) is 41.4 Å². The molecule has 5 nitrogen and oxygen atoms in total. The Labute approximate surface area is 190 Å². The third-order valence-electron chi connectivity index (χ3n) is 9.87. The van der Waals surface area contributed by atoms with Crippen LogP contribution < -0.4 is 0 Å². The minimum absolute atomic E-state index is 0.114. The molecule has 12 atom stereocenters. The SMILES string of the molecule is CC1[C@@H](C)[C@](C)(OC[C@@]2(OC[C@@]3(C)OC[C@@H](C)C(C)[C@@H]3C)O[C@H](C)C(C)[C@H]2C)O[C@@H]1C. The van der Waals surface area contributed by atoms with Crippen molar-refractivity contribution in [3.63, 3.8) is 0 Å². The van der Waals surface area contributed by atoms with Gasteiger partial charge in [-0.3, -0.25) is 0 Å². The standard InChI is InChI=1S/C26H48O5/c1-15-12-27-24(10,19(5)16(15)2)13-29-26(21(7)18(4)23(9)31-26)14-28-25(11)20(6)17(3)22(8)30-25/h15-23H,12-14H2,1-11H3/t15-,16?,17?,18?,19+,20-,21-,22-,23-,24-,25-,26-/m1/s1. The van der Waals surface area contributed by atoms with Gasteiger partial charge in [-0.25, -0.2) is 0 Å². The average molecular weight is 441 g/mol. The van der Waals surface area contributed by atoms with Crippen molar-refractivity contribution in [1.82, 2.24) is 0 Å². The summed E-state index contributed by atoms with van der Waals surface area (Å²) < 4.78 is 32.4. The summed E-state index contributed by atoms with van der Waals surface area (Å²) in [4.78, 5) is 0. The first-order valence-electron chi connectivity index (χ1n) is 12.5. The van der Waals surface area contributed by atoms with E-state index in [-0.39, 0.29) is 23.7 Å². The second-order valence-electron chi connectivity index (χ2n) is 11.6. The van der Waals surface area contributed by atoms with Crippen LogP contribution in [0.5, 0.6) is 0 Å². The zero-order valence-electron chi connectivity index (χ0n) is 21.9. The Morgan fingerprint density at radius 2 is 1.26 bits per heavy atom. The maximum Gasteiger partial charge on any atom is 0.195 e. The molecule has 3 rings (SSSR count). The molecule has 5 heteroatoms. The fourth-order valence-electron chi connectivity index (χ4n) is 5.68. The maximum atomic E-state index is 6.71. The van der Waals surface area contributed by atoms with E-state index in [0.29, 0.717) is 48.7 Å². The molecular formula is C26H48O5. The van der Waals surface area contributed by atoms with Crippen LogP contribution in [-0.2, 0) is 23.7 Å². The molecule has 0 N–H and O–H groups in total. The Morgan fingerprint density at radius 3 is 1.77 bits per heavy atom. The van der Waals surface area contributed by atoms with Gasteiger partial charge in [-0.1, -0.05) is 48.5 Å². The van der Waals surface area contributed by atoms with Crippen molar-refractivity contribution in [2.45, 2.75) is 106 Å². The van der Waals surface area contributed by atoms with Gasteiger partial charge < -0.3 is 23.7 Å². The zero-order valence-corrected chi connectivity index (χ0v) is 21.9. The Balaban J connectivity index is 1.76. The van der Waals surface area contributed by atoms with Gasteiger partial charge in [0.05, 0.1) is 31.0 Å². The molecule has 3 saturated heterocycles. The van der Waals surface area contributed by atoms with E-state index in [0.717, 1.165) is 6.61 Å². The lowest BCUT2D eigenvalue weighted by atomic mass is 9.73. The Kier molecular flexibility index (Phi) is 7.27. The van der Waals surface area contributed by atoms with E-state index >= 15 is 0 Å². The van der Waals surface area contributed by atoms with Crippen molar-refractivity contribution in [3.8, 4) is 0 Å². The number of hydrogen-bond donors (Lipinski definition) is 0. The van der Waals surface area contributed by atoms with Crippen molar-refractivity contribution in [3.05, 3.63) is 0 Å². The van der Waals surface area contributed by atoms with Crippen LogP contribution in [0.25, 0.3) is 0 Å². The molecule has 0 bridgehead atoms. The smallest absolute Gasteiger partial charge is 0.195 e. The largest absolute Gasteiger partial charge is 0.372 e. The summed E-state index contributed by atoms with van der Waals surface area (Å²) in [6, 6.07) is 0. The lowest BCUT2D eigenvalue weighted by Crippen LogP contribution is -2.55. The van der Waals surface area contributed by atoms with E-state index in [1.807, 2.05) is 0 Å². The molecule has 3 aliphatic heterocycles. The Bertz CT molecular complexity index is 627. The lowest BCUT2D eigenvalue weighted by molar-refractivity contribution is -0.327. The summed E-state index contributed by atoms with van der Waals surface area (Å²) in [5, 5.41) is 0. The summed E-state index contributed by atoms with van der Waals surface area (Å²) in [7, 11) is 0. The highest BCUT2D eigenvalue weighted by Gasteiger charge is 2.55. The van der Waals surface area contributed by atoms with Crippen LogP contribution in [0.4, 0.5) is 0 Å². The molecule has 0 aliphatic carbocycles. The van der Waals surface area contributed by atoms with Crippen LogP contribution in [0.2, 0.25) is 0 Å². The molecule has 31 heavy (non-hydrogen) atoms. The average Bonchev–Trinajstić information content (AvgIpc) is 3.06. The van der Waals surface area contributed by atoms with Crippen molar-refractivity contribution >= 4 is 0 Å². The van der Waals surface area contributed by atoms with Gasteiger partial charge in [0.15, 0.2) is 11.6 Å². The van der Waals surface area contributed by atoms with E-state index in [1.165, 1.54) is 0 Å². The van der Waals surface area contributed by atoms with Gasteiger partial charge in [-0.15, -0.1) is 0 Å². The van der Waals surface area contributed by atoms with Crippen LogP contribution in [0.15, 0.2) is 0 Å². The third kappa shape index (κ3) is 4.47. The Hall–Kier alpha value is -0.200. The molecular weight excluding hydrogens is 392 g/mol. The van der Waals surface area contributed by atoms with Crippen LogP contribution >= 0.6 is 0 Å². The molecule has 3 fully saturated rings. The molecule has 0 aromatic rings. The van der Waals surface area contributed by atoms with E-state index in [2.05, 4.69) is 76.2 Å². The predicted molar refractivity (Wildman–Crippen MR) is 123 cm³/mol. The topological polar surface area (TPSA) is 46.2 Å². The quantitative estimate of drug-likeness (QED) is 0.545. The van der Waals surface area contributed by atoms with Crippen molar-refractivity contribution in [1.29, 1.82) is 0 Å². The van der Waals surface area contributed by atoms with Gasteiger partial charge >= 0.3 is 0 Å². The summed E-state index contributed by atoms with van der Waals surface area (Å²) >= 11 is 0. The Morgan fingerprint density at radius 1 is 0.677 bits per heavy atom. The molecule has 3 unspecified atom stereocenters. The van der Waals surface area contributed by atoms with Gasteiger partial charge in [0.1, 0.15) is 6.61 Å². The van der Waals surface area contributed by atoms with E-state index in [4.69, 9.17) is 23.7 Å². The summed E-state index contributed by atoms with van der Waals surface area (Å²) in [5.41, 5.74) is -0.332. The molecule has 3 aliphatic rings. The molecule has 0 spiro atoms. The number of rotatable bonds is 6. The first kappa shape index (κ1) is 25.4. The second kappa shape index (κ2) is 8.87. The first-order chi connectivity index (χ1) is 14.3. The fourth-order valence-corrected chi connectivity index (χ4v) is 5.68. The highest BCUT2D eigenvalue weighted by atomic mass is 16.8. The van der Waals surface area contributed by atoms with Crippen LogP contribution in [0.3, 0.4) is 0 Å². The van der Waals surface area contributed by atoms with E-state index in [9.17, 15) is 0 Å². The third-order valence-corrected chi connectivity index (χ3v) is 9.87. The minimum atomic E-state index is -0.793. The van der Waals surface area contributed by atoms with Crippen molar-refractivity contribution in [2.75, 3.05) is 19.8 Å². The van der Waals surface area contributed by atoms with Gasteiger partial charge in [0, 0.05) is 11.8 Å². The van der Waals surface area contributed by atoms with Crippen LogP contribution in [0.1, 0.15) is 76.2 Å². The first-order valence-corrected chi connectivity index (χ1v) is 12.5. The molecule has 0 amide bonds. The summed E-state index contributed by atoms with van der Waals surface area (Å²) in [5.74, 6) is 1.46. The predicted octanol–water partition coefficient (Wildman–Crippen LogP) is 5.51. The molecule has 182 valence electrons. The van der Waals surface area contributed by atoms with Crippen molar-refractivity contribution < 1.29 is 23.7 Å². The van der Waals surface area contributed by atoms with Crippen LogP contribution in [-0.4, -0.2) is 49.2 Å².